The minimum absolute atomic E-state index is 0. The molecule has 13 heavy (non-hydrogen) atoms. The normalized spacial score (nSPS) is 14.7. The first kappa shape index (κ1) is 15.0. The molecule has 0 aromatic carbocycles. The minimum atomic E-state index is -0.838. The molecule has 0 bridgehead atoms. The Balaban J connectivity index is 0. The number of carboxylic acids is 1. The molecule has 1 atom stereocenters. The van der Waals surface area contributed by atoms with Crippen molar-refractivity contribution in [1.82, 2.24) is 0 Å². The van der Waals surface area contributed by atoms with Crippen molar-refractivity contribution in [2.24, 2.45) is 0 Å². The number of rotatable bonds is 3. The van der Waals surface area contributed by atoms with Gasteiger partial charge in [0.1, 0.15) is 6.04 Å². The van der Waals surface area contributed by atoms with Gasteiger partial charge in [0, 0.05) is 5.57 Å². The summed E-state index contributed by atoms with van der Waals surface area (Å²) in [5, 5.41) is 8.62. The topological polar surface area (TPSA) is 37.3 Å². The van der Waals surface area contributed by atoms with Gasteiger partial charge < -0.3 is 9.59 Å². The molecule has 0 heterocycles. The molecule has 1 N–H and O–H groups in total. The Labute approximate surface area is 86.0 Å². The van der Waals surface area contributed by atoms with E-state index in [1.165, 1.54) is 0 Å². The van der Waals surface area contributed by atoms with E-state index < -0.39 is 5.97 Å². The quantitative estimate of drug-likeness (QED) is 0.564. The summed E-state index contributed by atoms with van der Waals surface area (Å²) in [6.45, 7) is 3.63. The Morgan fingerprint density at radius 1 is 1.38 bits per heavy atom. The van der Waals surface area contributed by atoms with Crippen LogP contribution in [0.3, 0.4) is 0 Å². The van der Waals surface area contributed by atoms with Crippen molar-refractivity contribution in [3.8, 4) is 0 Å². The molecule has 0 aliphatic heterocycles. The molecule has 0 fully saturated rings. The van der Waals surface area contributed by atoms with Crippen LogP contribution in [-0.2, 0) is 4.79 Å². The summed E-state index contributed by atoms with van der Waals surface area (Å²) in [7, 11) is 6.11. The fourth-order valence-electron chi connectivity index (χ4n) is 0.657. The number of carbonyl (C=O) groups is 1. The summed E-state index contributed by atoms with van der Waals surface area (Å²) in [6.07, 6.45) is 1.78. The van der Waals surface area contributed by atoms with Crippen LogP contribution in [0.4, 0.5) is 0 Å². The van der Waals surface area contributed by atoms with E-state index in [1.54, 1.807) is 13.0 Å². The molecule has 0 aromatic heterocycles. The Morgan fingerprint density at radius 2 is 1.77 bits per heavy atom. The highest BCUT2D eigenvalue weighted by molar-refractivity contribution is 5.86. The molecule has 0 spiro atoms. The maximum atomic E-state index is 10.5. The first-order valence-corrected chi connectivity index (χ1v) is 3.98. The molecule has 3 nitrogen and oxygen atoms in total. The zero-order valence-corrected chi connectivity index (χ0v) is 9.68. The lowest BCUT2D eigenvalue weighted by molar-refractivity contribution is -0.887. The maximum Gasteiger partial charge on any atom is 0.331 e. The lowest BCUT2D eigenvalue weighted by Crippen LogP contribution is -2.42. The van der Waals surface area contributed by atoms with Crippen molar-refractivity contribution in [2.75, 3.05) is 21.1 Å². The van der Waals surface area contributed by atoms with Crippen LogP contribution in [-0.4, -0.2) is 42.7 Å². The van der Waals surface area contributed by atoms with Gasteiger partial charge in [0.05, 0.1) is 21.1 Å². The third-order valence-corrected chi connectivity index (χ3v) is 2.05. The second-order valence-corrected chi connectivity index (χ2v) is 4.01. The smallest absolute Gasteiger partial charge is 0.331 e. The largest absolute Gasteiger partial charge is 0.478 e. The fourth-order valence-corrected chi connectivity index (χ4v) is 0.657. The number of quaternary nitrogens is 1. The molecule has 0 aliphatic carbocycles. The van der Waals surface area contributed by atoms with Gasteiger partial charge in [0.25, 0.3) is 0 Å². The van der Waals surface area contributed by atoms with Gasteiger partial charge in [-0.15, -0.1) is 12.4 Å². The molecule has 4 heteroatoms. The Kier molecular flexibility index (Phi) is 6.04. The summed E-state index contributed by atoms with van der Waals surface area (Å²) in [5.74, 6) is -0.838. The summed E-state index contributed by atoms with van der Waals surface area (Å²) in [4.78, 5) is 10.5. The number of hydrogen-bond acceptors (Lipinski definition) is 1. The van der Waals surface area contributed by atoms with Gasteiger partial charge in [-0.3, -0.25) is 0 Å². The molecular formula is C9H19ClNO2+. The van der Waals surface area contributed by atoms with E-state index in [0.29, 0.717) is 5.57 Å². The van der Waals surface area contributed by atoms with E-state index in [1.807, 2.05) is 28.1 Å². The van der Waals surface area contributed by atoms with Gasteiger partial charge in [-0.2, -0.15) is 0 Å². The van der Waals surface area contributed by atoms with Gasteiger partial charge in [-0.05, 0) is 19.9 Å². The van der Waals surface area contributed by atoms with Crippen molar-refractivity contribution >= 4 is 18.4 Å². The van der Waals surface area contributed by atoms with E-state index >= 15 is 0 Å². The van der Waals surface area contributed by atoms with Crippen molar-refractivity contribution < 1.29 is 14.4 Å². The lowest BCUT2D eigenvalue weighted by Gasteiger charge is -2.29. The fraction of sp³-hybridized carbons (Fsp3) is 0.667. The first-order chi connectivity index (χ1) is 5.25. The van der Waals surface area contributed by atoms with E-state index in [9.17, 15) is 4.79 Å². The number of nitrogens with zero attached hydrogens (tertiary/aromatic N) is 1. The average Bonchev–Trinajstić information content (AvgIpc) is 1.85. The Bertz CT molecular complexity index is 206. The predicted molar refractivity (Wildman–Crippen MR) is 56.1 cm³/mol. The highest BCUT2D eigenvalue weighted by atomic mass is 35.5. The van der Waals surface area contributed by atoms with Crippen LogP contribution in [0, 0.1) is 0 Å². The van der Waals surface area contributed by atoms with Gasteiger partial charge >= 0.3 is 5.97 Å². The third-order valence-electron chi connectivity index (χ3n) is 2.05. The van der Waals surface area contributed by atoms with Crippen molar-refractivity contribution in [3.05, 3.63) is 11.6 Å². The van der Waals surface area contributed by atoms with E-state index in [0.717, 1.165) is 4.48 Å². The van der Waals surface area contributed by atoms with Crippen molar-refractivity contribution in [1.29, 1.82) is 0 Å². The first-order valence-electron chi connectivity index (χ1n) is 3.98. The zero-order chi connectivity index (χ0) is 9.94. The van der Waals surface area contributed by atoms with Crippen LogP contribution in [0.25, 0.3) is 0 Å². The van der Waals surface area contributed by atoms with Gasteiger partial charge in [0.15, 0.2) is 0 Å². The SMILES string of the molecule is CC(=CC(C)[N+](C)(C)C)C(=O)O.Cl. The highest BCUT2D eigenvalue weighted by Crippen LogP contribution is 2.06. The molecule has 0 saturated carbocycles. The van der Waals surface area contributed by atoms with E-state index in [-0.39, 0.29) is 18.4 Å². The standard InChI is InChI=1S/C9H17NO2.ClH/c1-7(9(11)12)6-8(2)10(3,4)5;/h6,8H,1-5H3;1H/p+1. The van der Waals surface area contributed by atoms with Crippen LogP contribution in [0.1, 0.15) is 13.8 Å². The van der Waals surface area contributed by atoms with E-state index in [4.69, 9.17) is 5.11 Å². The summed E-state index contributed by atoms with van der Waals surface area (Å²) in [6, 6.07) is 0.223. The summed E-state index contributed by atoms with van der Waals surface area (Å²) in [5.41, 5.74) is 0.413. The van der Waals surface area contributed by atoms with Crippen LogP contribution in [0.5, 0.6) is 0 Å². The van der Waals surface area contributed by atoms with Gasteiger partial charge in [0.2, 0.25) is 0 Å². The second kappa shape index (κ2) is 5.25. The molecular weight excluding hydrogens is 190 g/mol. The molecule has 0 aliphatic rings. The highest BCUT2D eigenvalue weighted by Gasteiger charge is 2.16. The number of aliphatic carboxylic acids is 1. The third kappa shape index (κ3) is 5.66. The molecule has 0 amide bonds. The van der Waals surface area contributed by atoms with Crippen molar-refractivity contribution in [2.45, 2.75) is 19.9 Å². The average molecular weight is 209 g/mol. The number of likely N-dealkylation sites (N-methyl/N-ethyl adjacent to an activating group) is 1. The zero-order valence-electron chi connectivity index (χ0n) is 8.87. The Morgan fingerprint density at radius 3 is 2.00 bits per heavy atom. The monoisotopic (exact) mass is 208 g/mol. The number of halogens is 1. The van der Waals surface area contributed by atoms with E-state index in [2.05, 4.69) is 0 Å². The number of carboxylic acid groups (broad SMARTS) is 1. The molecule has 0 saturated heterocycles. The minimum Gasteiger partial charge on any atom is -0.478 e. The summed E-state index contributed by atoms with van der Waals surface area (Å²) < 4.78 is 0.741. The van der Waals surface area contributed by atoms with Crippen LogP contribution < -0.4 is 0 Å². The predicted octanol–water partition coefficient (Wildman–Crippen LogP) is 1.53. The molecule has 1 unspecified atom stereocenters. The van der Waals surface area contributed by atoms with Gasteiger partial charge in [-0.25, -0.2) is 4.79 Å². The van der Waals surface area contributed by atoms with Crippen molar-refractivity contribution in [3.63, 3.8) is 0 Å². The molecule has 0 aromatic rings. The van der Waals surface area contributed by atoms with Crippen LogP contribution >= 0.6 is 12.4 Å². The van der Waals surface area contributed by atoms with Crippen LogP contribution in [0.2, 0.25) is 0 Å². The Hall–Kier alpha value is -0.540. The maximum absolute atomic E-state index is 10.5. The lowest BCUT2D eigenvalue weighted by atomic mass is 10.2. The number of hydrogen-bond donors (Lipinski definition) is 1. The van der Waals surface area contributed by atoms with Gasteiger partial charge in [-0.1, -0.05) is 0 Å². The molecule has 0 rings (SSSR count). The second-order valence-electron chi connectivity index (χ2n) is 4.01. The van der Waals surface area contributed by atoms with Crippen LogP contribution in [0.15, 0.2) is 11.6 Å². The molecule has 0 radical (unpaired) electrons. The summed E-state index contributed by atoms with van der Waals surface area (Å²) >= 11 is 0. The molecule has 78 valence electrons.